The average Bonchev–Trinajstić information content (AvgIpc) is 3.47. The first-order valence-electron chi connectivity index (χ1n) is 17.4. The van der Waals surface area contributed by atoms with Gasteiger partial charge in [-0.25, -0.2) is 13.3 Å². The van der Waals surface area contributed by atoms with Gasteiger partial charge in [0.2, 0.25) is 5.69 Å². The number of nitrogens with zero attached hydrogens (tertiary/aromatic N) is 2. The molecule has 0 bridgehead atoms. The number of rotatable bonds is 17. The number of carbonyl (C=O) groups excluding carboxylic acids is 2. The predicted molar refractivity (Wildman–Crippen MR) is 203 cm³/mol. The fraction of sp³-hybridized carbons (Fsp3) is 0.293. The van der Waals surface area contributed by atoms with E-state index < -0.39 is 32.9 Å². The number of benzene rings is 3. The van der Waals surface area contributed by atoms with Gasteiger partial charge in [0.05, 0.1) is 29.5 Å². The Labute approximate surface area is 410 Å². The van der Waals surface area contributed by atoms with Crippen LogP contribution >= 0.6 is 12.0 Å². The van der Waals surface area contributed by atoms with Crippen LogP contribution in [0.2, 0.25) is 0 Å². The second kappa shape index (κ2) is 22.9. The van der Waals surface area contributed by atoms with Gasteiger partial charge in [0.25, 0.3) is 0 Å². The van der Waals surface area contributed by atoms with Crippen LogP contribution in [-0.2, 0) is 51.2 Å². The molecular formula is C41H42N2Na3O10S2+. The second-order valence-corrected chi connectivity index (χ2v) is 16.2. The standard InChI is InChI=1S/C41H44N2O10S2.3Na/c1-40(2)32-26-30(54-53-52-51-5)17-19-34(32)42(23-21-38(44)45)36(40)15-9-13-29(25-28-11-7-6-8-12-28)14-10-16-37-41(3,4)33-27-31(55(48,49)50)18-20-35(33)43(37)24-22-39(46)47;;;/h6-20,26-27H,21-25H2,1-5H3,(H2-,44,45,46,47,48,49,50);;;/q;3*+1/p-2. The number of carboxylic acids is 2. The molecule has 0 fully saturated rings. The Balaban J connectivity index is 0.00000387. The maximum atomic E-state index is 11.9. The molecule has 2 heterocycles. The molecule has 0 saturated carbocycles. The van der Waals surface area contributed by atoms with E-state index in [2.05, 4.69) is 23.8 Å². The molecule has 0 radical (unpaired) electrons. The first kappa shape index (κ1) is 52.3. The molecule has 2 aliphatic rings. The number of hydrogen-bond donors (Lipinski definition) is 0. The molecule has 3 aromatic rings. The Hall–Kier alpha value is -1.83. The topological polar surface area (TPSA) is 171 Å². The predicted octanol–water partition coefficient (Wildman–Crippen LogP) is -4.26. The summed E-state index contributed by atoms with van der Waals surface area (Å²) in [5.41, 5.74) is 5.35. The van der Waals surface area contributed by atoms with Crippen LogP contribution in [-0.4, -0.2) is 55.4 Å². The number of aliphatic carboxylic acids is 2. The third kappa shape index (κ3) is 12.8. The van der Waals surface area contributed by atoms with E-state index in [0.29, 0.717) is 17.7 Å². The van der Waals surface area contributed by atoms with Crippen LogP contribution in [0.25, 0.3) is 0 Å². The Bertz CT molecular complexity index is 2220. The minimum atomic E-state index is -4.72. The van der Waals surface area contributed by atoms with E-state index in [-0.39, 0.29) is 119 Å². The third-order valence-electron chi connectivity index (χ3n) is 9.70. The Morgan fingerprint density at radius 3 is 2.21 bits per heavy atom. The molecular weight excluding hydrogens is 814 g/mol. The third-order valence-corrected chi connectivity index (χ3v) is 11.1. The van der Waals surface area contributed by atoms with E-state index in [0.717, 1.165) is 50.7 Å². The summed E-state index contributed by atoms with van der Waals surface area (Å²) in [5.74, 6) is -2.38. The van der Waals surface area contributed by atoms with Gasteiger partial charge in [0.15, 0.2) is 12.3 Å². The van der Waals surface area contributed by atoms with Gasteiger partial charge >= 0.3 is 88.7 Å². The minimum Gasteiger partial charge on any atom is -0.744 e. The number of hydrogen-bond acceptors (Lipinski definition) is 12. The summed E-state index contributed by atoms with van der Waals surface area (Å²) >= 11 is 0.986. The van der Waals surface area contributed by atoms with Crippen LogP contribution in [0.4, 0.5) is 11.4 Å². The SMILES string of the molecule is COOOSc1ccc2c(c1)C(C)(C)C(/C=C/C=C(/C=C/C=C1/N(CCC(=O)[O-])c3ccc(S(=O)(=O)[O-])cc3C1(C)C)Cc1ccccc1)=[N+]2CCC(=O)[O-].[Na+].[Na+].[Na+]. The van der Waals surface area contributed by atoms with Crippen molar-refractivity contribution >= 4 is 51.2 Å². The number of carboxylic acid groups (broad SMARTS) is 2. The summed E-state index contributed by atoms with van der Waals surface area (Å²) in [6.45, 7) is 8.20. The van der Waals surface area contributed by atoms with Gasteiger partial charge in [-0.2, -0.15) is 4.58 Å². The van der Waals surface area contributed by atoms with Crippen molar-refractivity contribution in [1.82, 2.24) is 0 Å². The normalized spacial score (nSPS) is 16.2. The first-order chi connectivity index (χ1) is 26.0. The molecule has 5 rings (SSSR count). The summed E-state index contributed by atoms with van der Waals surface area (Å²) in [6, 6.07) is 19.8. The van der Waals surface area contributed by atoms with Crippen LogP contribution < -0.4 is 104 Å². The van der Waals surface area contributed by atoms with Gasteiger partial charge in [-0.1, -0.05) is 73.5 Å². The Morgan fingerprint density at radius 2 is 1.57 bits per heavy atom. The van der Waals surface area contributed by atoms with Crippen molar-refractivity contribution in [2.75, 3.05) is 25.1 Å². The summed E-state index contributed by atoms with van der Waals surface area (Å²) in [4.78, 5) is 29.8. The first-order valence-corrected chi connectivity index (χ1v) is 19.6. The molecule has 0 atom stereocenters. The summed E-state index contributed by atoms with van der Waals surface area (Å²) in [6.07, 6.45) is 11.7. The largest absolute Gasteiger partial charge is 1.00 e. The molecule has 0 spiro atoms. The van der Waals surface area contributed by atoms with Crippen LogP contribution in [0.5, 0.6) is 0 Å². The summed E-state index contributed by atoms with van der Waals surface area (Å²) in [5, 5.41) is 27.6. The fourth-order valence-electron chi connectivity index (χ4n) is 7.02. The number of carbonyl (C=O) groups is 2. The van der Waals surface area contributed by atoms with Gasteiger partial charge in [0.1, 0.15) is 10.1 Å². The number of fused-ring (bicyclic) bond motifs is 2. The molecule has 58 heavy (non-hydrogen) atoms. The van der Waals surface area contributed by atoms with Crippen LogP contribution in [0.15, 0.2) is 124 Å². The molecule has 2 aliphatic heterocycles. The molecule has 0 aliphatic carbocycles. The maximum Gasteiger partial charge on any atom is 1.00 e. The number of allylic oxidation sites excluding steroid dienone is 8. The van der Waals surface area contributed by atoms with Crippen molar-refractivity contribution < 1.29 is 140 Å². The zero-order chi connectivity index (χ0) is 40.0. The quantitative estimate of drug-likeness (QED) is 0.0188. The Kier molecular flexibility index (Phi) is 20.6. The van der Waals surface area contributed by atoms with Gasteiger partial charge < -0.3 is 29.3 Å². The van der Waals surface area contributed by atoms with E-state index in [1.165, 1.54) is 25.3 Å². The summed E-state index contributed by atoms with van der Waals surface area (Å²) < 4.78 is 42.6. The van der Waals surface area contributed by atoms with E-state index in [9.17, 15) is 32.8 Å². The molecule has 0 unspecified atom stereocenters. The zero-order valence-electron chi connectivity index (χ0n) is 34.1. The van der Waals surface area contributed by atoms with Gasteiger partial charge in [-0.05, 0) is 73.4 Å². The van der Waals surface area contributed by atoms with Crippen molar-refractivity contribution in [2.45, 2.75) is 67.6 Å². The van der Waals surface area contributed by atoms with Gasteiger partial charge in [-0.3, -0.25) is 0 Å². The van der Waals surface area contributed by atoms with Gasteiger partial charge in [-0.15, -0.1) is 4.33 Å². The van der Waals surface area contributed by atoms with Gasteiger partial charge in [0, 0.05) is 70.7 Å². The molecule has 0 saturated heterocycles. The van der Waals surface area contributed by atoms with E-state index >= 15 is 0 Å². The molecule has 3 aromatic carbocycles. The van der Waals surface area contributed by atoms with Crippen LogP contribution in [0, 0.1) is 0 Å². The van der Waals surface area contributed by atoms with Crippen molar-refractivity contribution in [3.63, 3.8) is 0 Å². The summed E-state index contributed by atoms with van der Waals surface area (Å²) in [7, 11) is -3.38. The molecule has 17 heteroatoms. The molecule has 0 N–H and O–H groups in total. The van der Waals surface area contributed by atoms with Crippen molar-refractivity contribution in [1.29, 1.82) is 0 Å². The zero-order valence-corrected chi connectivity index (χ0v) is 41.8. The molecule has 290 valence electrons. The molecule has 12 nitrogen and oxygen atoms in total. The van der Waals surface area contributed by atoms with Crippen LogP contribution in [0.3, 0.4) is 0 Å². The van der Waals surface area contributed by atoms with Crippen LogP contribution in [0.1, 0.15) is 57.2 Å². The molecule has 0 amide bonds. The van der Waals surface area contributed by atoms with E-state index in [1.54, 1.807) is 0 Å². The van der Waals surface area contributed by atoms with E-state index in [4.69, 9.17) is 4.33 Å². The smallest absolute Gasteiger partial charge is 0.744 e. The minimum absolute atomic E-state index is 0. The molecule has 0 aromatic heterocycles. The van der Waals surface area contributed by atoms with Crippen molar-refractivity contribution in [2.24, 2.45) is 0 Å². The fourth-order valence-corrected chi connectivity index (χ4v) is 7.96. The maximum absolute atomic E-state index is 11.9. The van der Waals surface area contributed by atoms with Crippen molar-refractivity contribution in [3.8, 4) is 0 Å². The number of anilines is 1. The van der Waals surface area contributed by atoms with Crippen molar-refractivity contribution in [3.05, 3.63) is 131 Å². The van der Waals surface area contributed by atoms with E-state index in [1.807, 2.05) is 108 Å². The monoisotopic (exact) mass is 855 g/mol. The second-order valence-electron chi connectivity index (χ2n) is 14.1. The Morgan fingerprint density at radius 1 is 0.879 bits per heavy atom. The average molecular weight is 856 g/mol.